The van der Waals surface area contributed by atoms with Crippen molar-refractivity contribution in [3.8, 4) is 0 Å². The quantitative estimate of drug-likeness (QED) is 0.892. The number of para-hydroxylation sites is 1. The predicted octanol–water partition coefficient (Wildman–Crippen LogP) is 2.45. The van der Waals surface area contributed by atoms with Gasteiger partial charge in [-0.25, -0.2) is 0 Å². The monoisotopic (exact) mass is 310 g/mol. The summed E-state index contributed by atoms with van der Waals surface area (Å²) < 4.78 is 1.96. The number of benzene rings is 1. The van der Waals surface area contributed by atoms with Crippen LogP contribution >= 0.6 is 0 Å². The molecular weight excluding hydrogens is 288 g/mol. The van der Waals surface area contributed by atoms with Crippen molar-refractivity contribution in [3.05, 3.63) is 47.8 Å². The van der Waals surface area contributed by atoms with Crippen molar-refractivity contribution >= 4 is 11.6 Å². The first-order chi connectivity index (χ1) is 11.3. The Morgan fingerprint density at radius 1 is 1.35 bits per heavy atom. The first-order valence-electron chi connectivity index (χ1n) is 8.37. The van der Waals surface area contributed by atoms with E-state index in [1.807, 2.05) is 29.1 Å². The second kappa shape index (κ2) is 5.72. The van der Waals surface area contributed by atoms with Crippen LogP contribution in [0.1, 0.15) is 35.2 Å². The minimum atomic E-state index is 0.0305. The van der Waals surface area contributed by atoms with Crippen molar-refractivity contribution in [1.82, 2.24) is 15.1 Å². The molecular formula is C18H22N4O. The molecule has 1 aromatic heterocycles. The largest absolute Gasteiger partial charge is 0.384 e. The summed E-state index contributed by atoms with van der Waals surface area (Å²) in [7, 11) is 0. The Balaban J connectivity index is 1.43. The maximum absolute atomic E-state index is 12.6. The molecule has 0 spiro atoms. The zero-order valence-electron chi connectivity index (χ0n) is 13.2. The number of aromatic nitrogens is 2. The second-order valence-electron chi connectivity index (χ2n) is 6.76. The molecule has 0 atom stereocenters. The summed E-state index contributed by atoms with van der Waals surface area (Å²) >= 11 is 0. The third-order valence-electron chi connectivity index (χ3n) is 4.96. The minimum Gasteiger partial charge on any atom is -0.384 e. The molecule has 1 saturated carbocycles. The maximum atomic E-state index is 12.6. The van der Waals surface area contributed by atoms with Gasteiger partial charge >= 0.3 is 0 Å². The van der Waals surface area contributed by atoms with Crippen LogP contribution in [-0.2, 0) is 13.0 Å². The molecule has 2 aromatic rings. The Kier molecular flexibility index (Phi) is 3.56. The molecule has 2 N–H and O–H groups in total. The topological polar surface area (TPSA) is 59.0 Å². The molecule has 2 heterocycles. The molecule has 4 rings (SSSR count). The van der Waals surface area contributed by atoms with E-state index >= 15 is 0 Å². The summed E-state index contributed by atoms with van der Waals surface area (Å²) in [5.74, 6) is 0.0305. The van der Waals surface area contributed by atoms with Gasteiger partial charge in [0.1, 0.15) is 0 Å². The smallest absolute Gasteiger partial charge is 0.253 e. The number of hydrogen-bond donors (Lipinski definition) is 2. The summed E-state index contributed by atoms with van der Waals surface area (Å²) in [6, 6.07) is 7.95. The van der Waals surface area contributed by atoms with Crippen LogP contribution < -0.4 is 10.6 Å². The molecule has 1 aliphatic carbocycles. The molecule has 0 radical (unpaired) electrons. The van der Waals surface area contributed by atoms with Gasteiger partial charge in [-0.2, -0.15) is 5.10 Å². The van der Waals surface area contributed by atoms with Gasteiger partial charge < -0.3 is 10.6 Å². The van der Waals surface area contributed by atoms with Crippen molar-refractivity contribution in [2.75, 3.05) is 18.4 Å². The number of nitrogens with one attached hydrogen (secondary N) is 2. The number of anilines is 1. The molecule has 2 aliphatic rings. The number of amides is 1. The summed E-state index contributed by atoms with van der Waals surface area (Å²) in [5.41, 5.74) is 3.23. The van der Waals surface area contributed by atoms with Crippen molar-refractivity contribution in [2.24, 2.45) is 5.41 Å². The Bertz CT molecular complexity index is 704. The van der Waals surface area contributed by atoms with E-state index in [2.05, 4.69) is 21.8 Å². The highest BCUT2D eigenvalue weighted by Crippen LogP contribution is 2.46. The Labute approximate surface area is 136 Å². The lowest BCUT2D eigenvalue weighted by Crippen LogP contribution is -2.33. The molecule has 5 nitrogen and oxygen atoms in total. The van der Waals surface area contributed by atoms with Crippen LogP contribution in [0.2, 0.25) is 0 Å². The van der Waals surface area contributed by atoms with Crippen LogP contribution in [0.4, 0.5) is 5.69 Å². The van der Waals surface area contributed by atoms with Gasteiger partial charge in [0.2, 0.25) is 0 Å². The first-order valence-corrected chi connectivity index (χ1v) is 8.37. The van der Waals surface area contributed by atoms with Gasteiger partial charge in [-0.1, -0.05) is 12.1 Å². The van der Waals surface area contributed by atoms with Gasteiger partial charge in [-0.05, 0) is 43.4 Å². The van der Waals surface area contributed by atoms with Crippen LogP contribution in [0.15, 0.2) is 36.7 Å². The molecule has 5 heteroatoms. The van der Waals surface area contributed by atoms with E-state index in [9.17, 15) is 4.79 Å². The highest BCUT2D eigenvalue weighted by atomic mass is 16.1. The van der Waals surface area contributed by atoms with E-state index in [1.54, 1.807) is 6.20 Å². The zero-order chi connectivity index (χ0) is 15.7. The molecule has 23 heavy (non-hydrogen) atoms. The number of rotatable bonds is 5. The van der Waals surface area contributed by atoms with Gasteiger partial charge in [0.15, 0.2) is 0 Å². The van der Waals surface area contributed by atoms with Crippen LogP contribution in [0.5, 0.6) is 0 Å². The SMILES string of the molecule is O=C(NCC1(Cn2cccn2)CC1)c1cccc2c1NCCC2. The molecule has 0 unspecified atom stereocenters. The third kappa shape index (κ3) is 2.96. The number of carbonyl (C=O) groups excluding carboxylic acids is 1. The number of hydrogen-bond acceptors (Lipinski definition) is 3. The van der Waals surface area contributed by atoms with Gasteiger partial charge in [0.25, 0.3) is 5.91 Å². The minimum absolute atomic E-state index is 0.0305. The van der Waals surface area contributed by atoms with Crippen LogP contribution in [-0.4, -0.2) is 28.8 Å². The fraction of sp³-hybridized carbons (Fsp3) is 0.444. The molecule has 1 amide bonds. The number of aryl methyl sites for hydroxylation is 1. The predicted molar refractivity (Wildman–Crippen MR) is 89.5 cm³/mol. The molecule has 0 bridgehead atoms. The van der Waals surface area contributed by atoms with E-state index < -0.39 is 0 Å². The Hall–Kier alpha value is -2.30. The lowest BCUT2D eigenvalue weighted by Gasteiger charge is -2.22. The van der Waals surface area contributed by atoms with Crippen molar-refractivity contribution in [1.29, 1.82) is 0 Å². The normalized spacial score (nSPS) is 17.9. The van der Waals surface area contributed by atoms with Crippen LogP contribution in [0, 0.1) is 5.41 Å². The standard InChI is InChI=1S/C18H22N4O/c23-17(15-6-1-4-14-5-2-9-19-16(14)15)20-12-18(7-8-18)13-22-11-3-10-21-22/h1,3-4,6,10-11,19H,2,5,7-9,12-13H2,(H,20,23). The average molecular weight is 310 g/mol. The van der Waals surface area contributed by atoms with Gasteiger partial charge in [-0.15, -0.1) is 0 Å². The molecule has 120 valence electrons. The number of nitrogens with zero attached hydrogens (tertiary/aromatic N) is 2. The average Bonchev–Trinajstić information content (AvgIpc) is 3.15. The number of fused-ring (bicyclic) bond motifs is 1. The van der Waals surface area contributed by atoms with Gasteiger partial charge in [0, 0.05) is 37.4 Å². The van der Waals surface area contributed by atoms with Crippen molar-refractivity contribution in [2.45, 2.75) is 32.2 Å². The fourth-order valence-electron chi connectivity index (χ4n) is 3.37. The first kappa shape index (κ1) is 14.3. The summed E-state index contributed by atoms with van der Waals surface area (Å²) in [5, 5.41) is 10.8. The highest BCUT2D eigenvalue weighted by molar-refractivity contribution is 6.00. The fourth-order valence-corrected chi connectivity index (χ4v) is 3.37. The Morgan fingerprint density at radius 3 is 3.04 bits per heavy atom. The van der Waals surface area contributed by atoms with Crippen molar-refractivity contribution < 1.29 is 4.79 Å². The summed E-state index contributed by atoms with van der Waals surface area (Å²) in [6.45, 7) is 2.54. The Morgan fingerprint density at radius 2 is 2.26 bits per heavy atom. The summed E-state index contributed by atoms with van der Waals surface area (Å²) in [6.07, 6.45) is 8.27. The van der Waals surface area contributed by atoms with E-state index in [1.165, 1.54) is 5.56 Å². The van der Waals surface area contributed by atoms with Gasteiger partial charge in [-0.3, -0.25) is 9.48 Å². The van der Waals surface area contributed by atoms with E-state index in [-0.39, 0.29) is 11.3 Å². The van der Waals surface area contributed by atoms with Gasteiger partial charge in [0.05, 0.1) is 11.3 Å². The lowest BCUT2D eigenvalue weighted by molar-refractivity contribution is 0.0943. The molecule has 0 saturated heterocycles. The second-order valence-corrected chi connectivity index (χ2v) is 6.76. The molecule has 1 aliphatic heterocycles. The third-order valence-corrected chi connectivity index (χ3v) is 4.96. The molecule has 1 fully saturated rings. The molecule has 1 aromatic carbocycles. The van der Waals surface area contributed by atoms with E-state index in [4.69, 9.17) is 0 Å². The van der Waals surface area contributed by atoms with E-state index in [0.29, 0.717) is 0 Å². The van der Waals surface area contributed by atoms with Crippen molar-refractivity contribution in [3.63, 3.8) is 0 Å². The van der Waals surface area contributed by atoms with Crippen LogP contribution in [0.3, 0.4) is 0 Å². The van der Waals surface area contributed by atoms with Crippen LogP contribution in [0.25, 0.3) is 0 Å². The zero-order valence-corrected chi connectivity index (χ0v) is 13.2. The highest BCUT2D eigenvalue weighted by Gasteiger charge is 2.43. The number of carbonyl (C=O) groups is 1. The summed E-state index contributed by atoms with van der Waals surface area (Å²) in [4.78, 5) is 12.6. The maximum Gasteiger partial charge on any atom is 0.253 e. The lowest BCUT2D eigenvalue weighted by atomic mass is 9.99. The van der Waals surface area contributed by atoms with E-state index in [0.717, 1.165) is 56.6 Å².